The lowest BCUT2D eigenvalue weighted by molar-refractivity contribution is -0.386. The van der Waals surface area contributed by atoms with Gasteiger partial charge in [-0.05, 0) is 109 Å². The van der Waals surface area contributed by atoms with Crippen LogP contribution in [0.4, 0.5) is 0 Å². The lowest BCUT2D eigenvalue weighted by Gasteiger charge is -2.71. The maximum atomic E-state index is 13.2. The van der Waals surface area contributed by atoms with Crippen LogP contribution in [0.1, 0.15) is 120 Å². The van der Waals surface area contributed by atoms with Crippen molar-refractivity contribution in [2.75, 3.05) is 13.2 Å². The predicted octanol–water partition coefficient (Wildman–Crippen LogP) is 2.01. The molecule has 0 bridgehead atoms. The number of hydrogen-bond donors (Lipinski definition) is 9. The van der Waals surface area contributed by atoms with E-state index in [2.05, 4.69) is 54.5 Å². The van der Waals surface area contributed by atoms with Crippen molar-refractivity contribution in [2.24, 2.45) is 50.2 Å². The van der Waals surface area contributed by atoms with Gasteiger partial charge in [-0.2, -0.15) is 0 Å². The van der Waals surface area contributed by atoms with Crippen molar-refractivity contribution < 1.29 is 93.5 Å². The summed E-state index contributed by atoms with van der Waals surface area (Å²) >= 11 is 0. The van der Waals surface area contributed by atoms with Gasteiger partial charge in [0.1, 0.15) is 48.8 Å². The van der Waals surface area contributed by atoms with Gasteiger partial charge in [-0.15, -0.1) is 0 Å². The van der Waals surface area contributed by atoms with E-state index in [1.54, 1.807) is 0 Å². The molecule has 68 heavy (non-hydrogen) atoms. The van der Waals surface area contributed by atoms with Crippen LogP contribution in [0.15, 0.2) is 11.6 Å². The van der Waals surface area contributed by atoms with E-state index in [-0.39, 0.29) is 39.4 Å². The molecule has 4 saturated carbocycles. The van der Waals surface area contributed by atoms with E-state index in [9.17, 15) is 60.3 Å². The van der Waals surface area contributed by atoms with Gasteiger partial charge in [-0.3, -0.25) is 9.59 Å². The third kappa shape index (κ3) is 8.28. The highest BCUT2D eigenvalue weighted by atomic mass is 16.8. The second-order valence-corrected chi connectivity index (χ2v) is 23.6. The molecule has 19 heteroatoms. The molecule has 0 radical (unpaired) electrons. The number of hydrogen-bond acceptors (Lipinski definition) is 17. The minimum absolute atomic E-state index is 0.0295. The molecular weight excluding hydrogens is 893 g/mol. The van der Waals surface area contributed by atoms with Crippen LogP contribution in [0.3, 0.4) is 0 Å². The number of fused-ring (bicyclic) bond motifs is 7. The molecule has 8 rings (SSSR count). The van der Waals surface area contributed by atoms with E-state index >= 15 is 0 Å². The molecule has 7 fully saturated rings. The Morgan fingerprint density at radius 3 is 2.01 bits per heavy atom. The van der Waals surface area contributed by atoms with E-state index in [0.717, 1.165) is 45.4 Å². The van der Waals surface area contributed by atoms with E-state index in [1.165, 1.54) is 5.57 Å². The second kappa shape index (κ2) is 18.3. The summed E-state index contributed by atoms with van der Waals surface area (Å²) in [7, 11) is 0. The first-order chi connectivity index (χ1) is 31.7. The van der Waals surface area contributed by atoms with Crippen LogP contribution >= 0.6 is 0 Å². The Labute approximate surface area is 397 Å². The van der Waals surface area contributed by atoms with Crippen LogP contribution in [0.5, 0.6) is 0 Å². The quantitative estimate of drug-likeness (QED) is 0.0859. The molecule has 3 heterocycles. The van der Waals surface area contributed by atoms with Gasteiger partial charge in [-0.1, -0.05) is 60.1 Å². The highest BCUT2D eigenvalue weighted by Gasteiger charge is 2.70. The first kappa shape index (κ1) is 52.0. The number of ether oxygens (including phenoxy) is 7. The fourth-order valence-corrected chi connectivity index (χ4v) is 15.1. The summed E-state index contributed by atoms with van der Waals surface area (Å²) < 4.78 is 42.4. The zero-order chi connectivity index (χ0) is 49.8. The van der Waals surface area contributed by atoms with Crippen molar-refractivity contribution in [2.45, 2.75) is 212 Å². The number of rotatable bonds is 10. The maximum Gasteiger partial charge on any atom is 0.335 e. The Bertz CT molecular complexity index is 1940. The zero-order valence-corrected chi connectivity index (χ0v) is 40.6. The summed E-state index contributed by atoms with van der Waals surface area (Å²) in [4.78, 5) is 39.3. The lowest BCUT2D eigenvalue weighted by atomic mass is 9.33. The van der Waals surface area contributed by atoms with Gasteiger partial charge in [0.05, 0.1) is 24.7 Å². The summed E-state index contributed by atoms with van der Waals surface area (Å²) in [6, 6.07) is 0. The minimum Gasteiger partial charge on any atom is -0.481 e. The molecule has 22 atom stereocenters. The second-order valence-electron chi connectivity index (χ2n) is 23.6. The van der Waals surface area contributed by atoms with Crippen molar-refractivity contribution in [3.63, 3.8) is 0 Å². The molecule has 9 N–H and O–H groups in total. The van der Waals surface area contributed by atoms with Crippen LogP contribution in [-0.2, 0) is 47.5 Å². The summed E-state index contributed by atoms with van der Waals surface area (Å²) in [6.07, 6.45) is -15.5. The standard InChI is InChI=1S/C49H76O19/c1-22(51)63-36-35(66-41-34(57)32(55)31(54)26(20-50)64-41)37(39(58)59)67-42(38(36)68-40-33(56)30(53)25(52)21-62-40)65-29-12-13-46(6)27(45(29,4)5)11-14-48(8)28(46)10-9-23-24-19-44(2,3)15-17-49(24,43(60)61)18-16-47(23,48)7/h9,24-38,40-42,50,52-57H,10-21H2,1-8H3,(H,58,59)(H,60,61). The number of allylic oxidation sites excluding steroid dienone is 2. The average molecular weight is 969 g/mol. The Morgan fingerprint density at radius 1 is 0.706 bits per heavy atom. The molecular formula is C49H76O19. The van der Waals surface area contributed by atoms with Gasteiger partial charge in [0.25, 0.3) is 0 Å². The maximum absolute atomic E-state index is 13.2. The van der Waals surface area contributed by atoms with Gasteiger partial charge in [-0.25, -0.2) is 4.79 Å². The molecule has 0 spiro atoms. The SMILES string of the molecule is CC(=O)OC1C(OC2OCC(O)C(O)C2O)C(OC2CCC3(C)C(CCC4(C)C3CC=C3C5CC(C)(C)CCC5(C(=O)O)CCC34C)C2(C)C)OC(C(=O)O)C1OC1OC(CO)C(O)C(O)C1O. The van der Waals surface area contributed by atoms with Crippen molar-refractivity contribution in [1.29, 1.82) is 0 Å². The van der Waals surface area contributed by atoms with Crippen LogP contribution in [0, 0.1) is 50.2 Å². The number of carbonyl (C=O) groups is 3. The summed E-state index contributed by atoms with van der Waals surface area (Å²) in [6.45, 7) is 15.7. The van der Waals surface area contributed by atoms with E-state index in [0.29, 0.717) is 25.7 Å². The molecule has 22 unspecified atom stereocenters. The monoisotopic (exact) mass is 968 g/mol. The number of carbonyl (C=O) groups excluding carboxylic acids is 1. The fraction of sp³-hybridized carbons (Fsp3) is 0.898. The summed E-state index contributed by atoms with van der Waals surface area (Å²) in [5, 5.41) is 95.3. The van der Waals surface area contributed by atoms with E-state index in [4.69, 9.17) is 33.2 Å². The van der Waals surface area contributed by atoms with Gasteiger partial charge in [0, 0.05) is 6.92 Å². The van der Waals surface area contributed by atoms with Gasteiger partial charge in [0.15, 0.2) is 37.2 Å². The van der Waals surface area contributed by atoms with Crippen molar-refractivity contribution in [1.82, 2.24) is 0 Å². The van der Waals surface area contributed by atoms with Crippen molar-refractivity contribution in [3.8, 4) is 0 Å². The zero-order valence-electron chi connectivity index (χ0n) is 40.6. The highest BCUT2D eigenvalue weighted by Crippen LogP contribution is 2.76. The molecule has 386 valence electrons. The molecule has 0 aromatic carbocycles. The van der Waals surface area contributed by atoms with Gasteiger partial charge in [0.2, 0.25) is 0 Å². The summed E-state index contributed by atoms with van der Waals surface area (Å²) in [5.74, 6) is -2.94. The molecule has 19 nitrogen and oxygen atoms in total. The average Bonchev–Trinajstić information content (AvgIpc) is 3.26. The van der Waals surface area contributed by atoms with Crippen molar-refractivity contribution >= 4 is 17.9 Å². The molecule has 0 aromatic rings. The molecule has 0 amide bonds. The number of carboxylic acids is 2. The first-order valence-electron chi connectivity index (χ1n) is 24.6. The Balaban J connectivity index is 1.11. The Morgan fingerprint density at radius 2 is 1.37 bits per heavy atom. The molecule has 0 aromatic heterocycles. The van der Waals surface area contributed by atoms with Crippen LogP contribution in [0.25, 0.3) is 0 Å². The predicted molar refractivity (Wildman–Crippen MR) is 235 cm³/mol. The highest BCUT2D eigenvalue weighted by molar-refractivity contribution is 5.77. The van der Waals surface area contributed by atoms with Crippen molar-refractivity contribution in [3.05, 3.63) is 11.6 Å². The Kier molecular flexibility index (Phi) is 14.0. The molecule has 3 saturated heterocycles. The number of aliphatic hydroxyl groups is 7. The van der Waals surface area contributed by atoms with Crippen LogP contribution < -0.4 is 0 Å². The first-order valence-corrected chi connectivity index (χ1v) is 24.6. The topological polar surface area (TPSA) is 298 Å². The van der Waals surface area contributed by atoms with Gasteiger partial charge < -0.3 is 79.1 Å². The number of esters is 1. The minimum atomic E-state index is -2.03. The fourth-order valence-electron chi connectivity index (χ4n) is 15.1. The van der Waals surface area contributed by atoms with E-state index < -0.39 is 134 Å². The van der Waals surface area contributed by atoms with Crippen LogP contribution in [-0.4, -0.2) is 169 Å². The van der Waals surface area contributed by atoms with Crippen LogP contribution in [0.2, 0.25) is 0 Å². The largest absolute Gasteiger partial charge is 0.481 e. The number of aliphatic carboxylic acids is 2. The number of carboxylic acid groups (broad SMARTS) is 2. The van der Waals surface area contributed by atoms with Gasteiger partial charge >= 0.3 is 17.9 Å². The number of aliphatic hydroxyl groups excluding tert-OH is 7. The third-order valence-electron chi connectivity index (χ3n) is 19.2. The lowest BCUT2D eigenvalue weighted by Crippen LogP contribution is -2.68. The molecule has 3 aliphatic heterocycles. The normalized spacial score (nSPS) is 50.8. The summed E-state index contributed by atoms with van der Waals surface area (Å²) in [5.41, 5.74) is -0.546. The third-order valence-corrected chi connectivity index (χ3v) is 19.2. The smallest absolute Gasteiger partial charge is 0.335 e. The Hall–Kier alpha value is -2.37. The van der Waals surface area contributed by atoms with E-state index in [1.807, 2.05) is 0 Å². The molecule has 8 aliphatic rings. The molecule has 5 aliphatic carbocycles.